The standard InChI is InChI=1S/C10H19N3O2/c1-8(14)13-7-3-4-9(13)10(15)12-6-5-11-2/h9,11H,3-7H2,1-2H3,(H,12,15). The SMILES string of the molecule is CNCCNC(=O)C1CCCN1C(C)=O. The van der Waals surface area contributed by atoms with Crippen molar-refractivity contribution in [2.45, 2.75) is 25.8 Å². The van der Waals surface area contributed by atoms with Crippen molar-refractivity contribution in [2.75, 3.05) is 26.7 Å². The van der Waals surface area contributed by atoms with E-state index in [0.717, 1.165) is 19.4 Å². The third kappa shape index (κ3) is 3.20. The van der Waals surface area contributed by atoms with Crippen molar-refractivity contribution in [3.8, 4) is 0 Å². The van der Waals surface area contributed by atoms with Crippen LogP contribution < -0.4 is 10.6 Å². The lowest BCUT2D eigenvalue weighted by atomic mass is 10.2. The Bertz CT molecular complexity index is 243. The maximum atomic E-state index is 11.7. The highest BCUT2D eigenvalue weighted by molar-refractivity contribution is 5.87. The smallest absolute Gasteiger partial charge is 0.242 e. The first-order valence-electron chi connectivity index (χ1n) is 5.36. The van der Waals surface area contributed by atoms with E-state index in [9.17, 15) is 9.59 Å². The molecule has 1 heterocycles. The Morgan fingerprint density at radius 3 is 2.73 bits per heavy atom. The van der Waals surface area contributed by atoms with Crippen molar-refractivity contribution >= 4 is 11.8 Å². The lowest BCUT2D eigenvalue weighted by molar-refractivity contribution is -0.136. The van der Waals surface area contributed by atoms with Crippen molar-refractivity contribution in [3.63, 3.8) is 0 Å². The van der Waals surface area contributed by atoms with Crippen LogP contribution in [0, 0.1) is 0 Å². The third-order valence-electron chi connectivity index (χ3n) is 2.63. The topological polar surface area (TPSA) is 61.4 Å². The van der Waals surface area contributed by atoms with Gasteiger partial charge < -0.3 is 15.5 Å². The van der Waals surface area contributed by atoms with Gasteiger partial charge in [-0.2, -0.15) is 0 Å². The zero-order valence-corrected chi connectivity index (χ0v) is 9.38. The number of amides is 2. The molecule has 1 aliphatic heterocycles. The average molecular weight is 213 g/mol. The summed E-state index contributed by atoms with van der Waals surface area (Å²) in [5, 5.41) is 5.77. The van der Waals surface area contributed by atoms with Crippen LogP contribution >= 0.6 is 0 Å². The van der Waals surface area contributed by atoms with Crippen LogP contribution in [0.15, 0.2) is 0 Å². The fraction of sp³-hybridized carbons (Fsp3) is 0.800. The van der Waals surface area contributed by atoms with Gasteiger partial charge in [0.2, 0.25) is 11.8 Å². The van der Waals surface area contributed by atoms with Crippen LogP contribution in [0.4, 0.5) is 0 Å². The molecule has 1 aliphatic rings. The summed E-state index contributed by atoms with van der Waals surface area (Å²) in [6.45, 7) is 3.58. The van der Waals surface area contributed by atoms with Crippen molar-refractivity contribution in [3.05, 3.63) is 0 Å². The second kappa shape index (κ2) is 5.70. The molecule has 1 unspecified atom stereocenters. The highest BCUT2D eigenvalue weighted by Crippen LogP contribution is 2.16. The summed E-state index contributed by atoms with van der Waals surface area (Å²) < 4.78 is 0. The Labute approximate surface area is 90.2 Å². The second-order valence-corrected chi connectivity index (χ2v) is 3.77. The number of nitrogens with one attached hydrogen (secondary N) is 2. The summed E-state index contributed by atoms with van der Waals surface area (Å²) in [5.74, 6) is -0.0424. The monoisotopic (exact) mass is 213 g/mol. The molecule has 0 bridgehead atoms. The normalized spacial score (nSPS) is 20.4. The minimum atomic E-state index is -0.251. The molecule has 5 nitrogen and oxygen atoms in total. The Kier molecular flexibility index (Phi) is 4.55. The van der Waals surface area contributed by atoms with Crippen LogP contribution in [0.25, 0.3) is 0 Å². The summed E-state index contributed by atoms with van der Waals surface area (Å²) in [4.78, 5) is 24.6. The van der Waals surface area contributed by atoms with E-state index in [4.69, 9.17) is 0 Å². The minimum absolute atomic E-state index is 0.0127. The molecule has 1 fully saturated rings. The molecule has 0 aromatic heterocycles. The Morgan fingerprint density at radius 1 is 1.40 bits per heavy atom. The molecule has 86 valence electrons. The van der Waals surface area contributed by atoms with E-state index in [0.29, 0.717) is 13.1 Å². The van der Waals surface area contributed by atoms with Gasteiger partial charge in [0, 0.05) is 26.6 Å². The number of nitrogens with zero attached hydrogens (tertiary/aromatic N) is 1. The zero-order valence-electron chi connectivity index (χ0n) is 9.38. The van der Waals surface area contributed by atoms with Gasteiger partial charge in [-0.15, -0.1) is 0 Å². The van der Waals surface area contributed by atoms with Crippen molar-refractivity contribution in [2.24, 2.45) is 0 Å². The number of rotatable bonds is 4. The molecule has 0 aliphatic carbocycles. The first-order valence-corrected chi connectivity index (χ1v) is 5.36. The van der Waals surface area contributed by atoms with Gasteiger partial charge in [0.25, 0.3) is 0 Å². The van der Waals surface area contributed by atoms with Gasteiger partial charge in [-0.1, -0.05) is 0 Å². The van der Waals surface area contributed by atoms with E-state index in [-0.39, 0.29) is 17.9 Å². The second-order valence-electron chi connectivity index (χ2n) is 3.77. The fourth-order valence-corrected chi connectivity index (χ4v) is 1.84. The minimum Gasteiger partial charge on any atom is -0.353 e. The van der Waals surface area contributed by atoms with Crippen LogP contribution in [0.3, 0.4) is 0 Å². The average Bonchev–Trinajstić information content (AvgIpc) is 2.66. The first kappa shape index (κ1) is 12.0. The predicted octanol–water partition coefficient (Wildman–Crippen LogP) is -0.667. The van der Waals surface area contributed by atoms with Crippen LogP contribution in [-0.4, -0.2) is 49.4 Å². The molecule has 0 saturated carbocycles. The molecule has 0 spiro atoms. The van der Waals surface area contributed by atoms with Crippen LogP contribution in [0.1, 0.15) is 19.8 Å². The van der Waals surface area contributed by atoms with E-state index in [1.54, 1.807) is 4.90 Å². The molecule has 0 radical (unpaired) electrons. The molecule has 15 heavy (non-hydrogen) atoms. The van der Waals surface area contributed by atoms with Crippen molar-refractivity contribution in [1.29, 1.82) is 0 Å². The van der Waals surface area contributed by atoms with Gasteiger partial charge in [-0.3, -0.25) is 9.59 Å². The third-order valence-corrected chi connectivity index (χ3v) is 2.63. The van der Waals surface area contributed by atoms with E-state index < -0.39 is 0 Å². The van der Waals surface area contributed by atoms with Gasteiger partial charge in [-0.05, 0) is 19.9 Å². The summed E-state index contributed by atoms with van der Waals surface area (Å²) in [7, 11) is 1.84. The first-order chi connectivity index (χ1) is 7.16. The van der Waals surface area contributed by atoms with E-state index in [2.05, 4.69) is 10.6 Å². The van der Waals surface area contributed by atoms with Gasteiger partial charge in [0.1, 0.15) is 6.04 Å². The molecule has 1 rings (SSSR count). The number of likely N-dealkylation sites (N-methyl/N-ethyl adjacent to an activating group) is 1. The molecule has 1 saturated heterocycles. The van der Waals surface area contributed by atoms with Gasteiger partial charge in [0.05, 0.1) is 0 Å². The largest absolute Gasteiger partial charge is 0.353 e. The maximum absolute atomic E-state index is 11.7. The van der Waals surface area contributed by atoms with Crippen molar-refractivity contribution in [1.82, 2.24) is 15.5 Å². The number of likely N-dealkylation sites (tertiary alicyclic amines) is 1. The predicted molar refractivity (Wildman–Crippen MR) is 57.3 cm³/mol. The molecule has 5 heteroatoms. The Balaban J connectivity index is 2.40. The van der Waals surface area contributed by atoms with Gasteiger partial charge >= 0.3 is 0 Å². The molecule has 1 atom stereocenters. The van der Waals surface area contributed by atoms with E-state index in [1.807, 2.05) is 7.05 Å². The number of carbonyl (C=O) groups excluding carboxylic acids is 2. The highest BCUT2D eigenvalue weighted by Gasteiger charge is 2.31. The lowest BCUT2D eigenvalue weighted by Crippen LogP contribution is -2.46. The van der Waals surface area contributed by atoms with Crippen LogP contribution in [0.5, 0.6) is 0 Å². The summed E-state index contributed by atoms with van der Waals surface area (Å²) in [5.41, 5.74) is 0. The van der Waals surface area contributed by atoms with E-state index in [1.165, 1.54) is 6.92 Å². The molecule has 2 amide bonds. The number of carbonyl (C=O) groups is 2. The van der Waals surface area contributed by atoms with Crippen LogP contribution in [-0.2, 0) is 9.59 Å². The molecular weight excluding hydrogens is 194 g/mol. The maximum Gasteiger partial charge on any atom is 0.242 e. The Morgan fingerprint density at radius 2 is 2.13 bits per heavy atom. The van der Waals surface area contributed by atoms with Gasteiger partial charge in [0.15, 0.2) is 0 Å². The molecule has 0 aromatic carbocycles. The quantitative estimate of drug-likeness (QED) is 0.609. The summed E-state index contributed by atoms with van der Waals surface area (Å²) in [6.07, 6.45) is 1.70. The highest BCUT2D eigenvalue weighted by atomic mass is 16.2. The summed E-state index contributed by atoms with van der Waals surface area (Å²) in [6, 6.07) is -0.251. The fourth-order valence-electron chi connectivity index (χ4n) is 1.84. The molecule has 0 aromatic rings. The number of hydrogen-bond donors (Lipinski definition) is 2. The zero-order chi connectivity index (χ0) is 11.3. The van der Waals surface area contributed by atoms with E-state index >= 15 is 0 Å². The van der Waals surface area contributed by atoms with Gasteiger partial charge in [-0.25, -0.2) is 0 Å². The Hall–Kier alpha value is -1.10. The molecule has 2 N–H and O–H groups in total. The lowest BCUT2D eigenvalue weighted by Gasteiger charge is -2.22. The van der Waals surface area contributed by atoms with Crippen molar-refractivity contribution < 1.29 is 9.59 Å². The number of hydrogen-bond acceptors (Lipinski definition) is 3. The molecular formula is C10H19N3O2. The summed E-state index contributed by atoms with van der Waals surface area (Å²) >= 11 is 0. The van der Waals surface area contributed by atoms with Crippen LogP contribution in [0.2, 0.25) is 0 Å².